The first-order valence-electron chi connectivity index (χ1n) is 6.56. The van der Waals surface area contributed by atoms with Crippen LogP contribution in [-0.2, 0) is 0 Å². The van der Waals surface area contributed by atoms with Crippen molar-refractivity contribution in [2.24, 2.45) is 17.8 Å². The van der Waals surface area contributed by atoms with Gasteiger partial charge in [0.1, 0.15) is 0 Å². The van der Waals surface area contributed by atoms with Gasteiger partial charge >= 0.3 is 0 Å². The van der Waals surface area contributed by atoms with Gasteiger partial charge in [0.05, 0.1) is 0 Å². The summed E-state index contributed by atoms with van der Waals surface area (Å²) in [5, 5.41) is 0. The predicted molar refractivity (Wildman–Crippen MR) is 62.2 cm³/mol. The Morgan fingerprint density at radius 3 is 2.43 bits per heavy atom. The van der Waals surface area contributed by atoms with Crippen LogP contribution in [0.5, 0.6) is 0 Å². The van der Waals surface area contributed by atoms with Crippen LogP contribution in [0, 0.1) is 17.8 Å². The largest absolute Gasteiger partial charge is 0.0882 e. The molecule has 0 aromatic carbocycles. The van der Waals surface area contributed by atoms with Crippen LogP contribution in [0.1, 0.15) is 58.3 Å². The molecule has 0 radical (unpaired) electrons. The molecule has 1 unspecified atom stereocenters. The molecule has 0 nitrogen and oxygen atoms in total. The highest BCUT2D eigenvalue weighted by Gasteiger charge is 2.25. The molecule has 0 spiro atoms. The van der Waals surface area contributed by atoms with E-state index in [1.54, 1.807) is 0 Å². The quantitative estimate of drug-likeness (QED) is 0.563. The van der Waals surface area contributed by atoms with Crippen molar-refractivity contribution in [3.63, 3.8) is 0 Å². The number of hydrogen-bond acceptors (Lipinski definition) is 0. The van der Waals surface area contributed by atoms with Gasteiger partial charge in [-0.25, -0.2) is 0 Å². The number of allylic oxidation sites excluding steroid dienone is 2. The highest BCUT2D eigenvalue weighted by atomic mass is 14.3. The SMILES string of the molecule is CCC1CCC(C2C=CCCC2)CC1. The molecule has 2 aliphatic rings. The van der Waals surface area contributed by atoms with Crippen LogP contribution < -0.4 is 0 Å². The maximum Gasteiger partial charge on any atom is -0.0205 e. The smallest absolute Gasteiger partial charge is 0.0205 e. The van der Waals surface area contributed by atoms with Gasteiger partial charge < -0.3 is 0 Å². The Balaban J connectivity index is 1.82. The van der Waals surface area contributed by atoms with E-state index in [0.29, 0.717) is 0 Å². The van der Waals surface area contributed by atoms with Gasteiger partial charge in [-0.1, -0.05) is 38.3 Å². The van der Waals surface area contributed by atoms with Gasteiger partial charge in [0, 0.05) is 0 Å². The zero-order valence-electron chi connectivity index (χ0n) is 9.54. The van der Waals surface area contributed by atoms with E-state index in [2.05, 4.69) is 19.1 Å². The fourth-order valence-corrected chi connectivity index (χ4v) is 3.26. The molecule has 0 N–H and O–H groups in total. The van der Waals surface area contributed by atoms with Gasteiger partial charge in [-0.2, -0.15) is 0 Å². The third kappa shape index (κ3) is 2.40. The van der Waals surface area contributed by atoms with E-state index in [1.165, 1.54) is 51.4 Å². The molecule has 0 heteroatoms. The van der Waals surface area contributed by atoms with Crippen molar-refractivity contribution in [2.75, 3.05) is 0 Å². The van der Waals surface area contributed by atoms with Gasteiger partial charge in [-0.15, -0.1) is 0 Å². The second-order valence-corrected chi connectivity index (χ2v) is 5.21. The molecule has 2 rings (SSSR count). The summed E-state index contributed by atoms with van der Waals surface area (Å²) in [6.45, 7) is 2.35. The molecule has 0 heterocycles. The Kier molecular flexibility index (Phi) is 3.67. The lowest BCUT2D eigenvalue weighted by Crippen LogP contribution is -2.21. The van der Waals surface area contributed by atoms with Gasteiger partial charge in [0.15, 0.2) is 0 Å². The monoisotopic (exact) mass is 192 g/mol. The van der Waals surface area contributed by atoms with Crippen molar-refractivity contribution >= 4 is 0 Å². The highest BCUT2D eigenvalue weighted by Crippen LogP contribution is 2.38. The summed E-state index contributed by atoms with van der Waals surface area (Å²) in [5.41, 5.74) is 0. The minimum Gasteiger partial charge on any atom is -0.0882 e. The normalized spacial score (nSPS) is 38.5. The molecule has 1 fully saturated rings. The maximum absolute atomic E-state index is 2.51. The zero-order chi connectivity index (χ0) is 9.80. The fourth-order valence-electron chi connectivity index (χ4n) is 3.26. The standard InChI is InChI=1S/C14H24/c1-2-12-8-10-14(11-9-12)13-6-4-3-5-7-13/h4,6,12-14H,2-3,5,7-11H2,1H3. The third-order valence-electron chi connectivity index (χ3n) is 4.37. The number of hydrogen-bond donors (Lipinski definition) is 0. The second kappa shape index (κ2) is 5.00. The van der Waals surface area contributed by atoms with Crippen LogP contribution >= 0.6 is 0 Å². The van der Waals surface area contributed by atoms with Crippen LogP contribution in [0.4, 0.5) is 0 Å². The fraction of sp³-hybridized carbons (Fsp3) is 0.857. The first kappa shape index (κ1) is 10.3. The van der Waals surface area contributed by atoms with Crippen molar-refractivity contribution in [3.8, 4) is 0 Å². The van der Waals surface area contributed by atoms with E-state index in [4.69, 9.17) is 0 Å². The van der Waals surface area contributed by atoms with Crippen molar-refractivity contribution in [1.82, 2.24) is 0 Å². The summed E-state index contributed by atoms with van der Waals surface area (Å²) in [6.07, 6.45) is 16.6. The lowest BCUT2D eigenvalue weighted by Gasteiger charge is -2.33. The molecule has 0 amide bonds. The van der Waals surface area contributed by atoms with Gasteiger partial charge in [0.25, 0.3) is 0 Å². The molecule has 2 aliphatic carbocycles. The van der Waals surface area contributed by atoms with Gasteiger partial charge in [0.2, 0.25) is 0 Å². The lowest BCUT2D eigenvalue weighted by atomic mass is 9.72. The Bertz CT molecular complexity index is 184. The van der Waals surface area contributed by atoms with Crippen LogP contribution in [0.2, 0.25) is 0 Å². The topological polar surface area (TPSA) is 0 Å². The molecule has 80 valence electrons. The molecular weight excluding hydrogens is 168 g/mol. The van der Waals surface area contributed by atoms with Gasteiger partial charge in [-0.3, -0.25) is 0 Å². The van der Waals surface area contributed by atoms with E-state index < -0.39 is 0 Å². The second-order valence-electron chi connectivity index (χ2n) is 5.21. The maximum atomic E-state index is 2.51. The molecule has 1 atom stereocenters. The van der Waals surface area contributed by atoms with E-state index in [0.717, 1.165) is 17.8 Å². The molecule has 0 aromatic rings. The lowest BCUT2D eigenvalue weighted by molar-refractivity contribution is 0.215. The Labute approximate surface area is 88.8 Å². The van der Waals surface area contributed by atoms with E-state index in [-0.39, 0.29) is 0 Å². The van der Waals surface area contributed by atoms with Crippen LogP contribution in [0.15, 0.2) is 12.2 Å². The molecule has 0 saturated heterocycles. The number of rotatable bonds is 2. The molecule has 0 aliphatic heterocycles. The molecule has 0 aromatic heterocycles. The van der Waals surface area contributed by atoms with E-state index >= 15 is 0 Å². The molecule has 0 bridgehead atoms. The molecule has 1 saturated carbocycles. The summed E-state index contributed by atoms with van der Waals surface area (Å²) < 4.78 is 0. The molecular formula is C14H24. The van der Waals surface area contributed by atoms with Crippen molar-refractivity contribution in [2.45, 2.75) is 58.3 Å². The summed E-state index contributed by atoms with van der Waals surface area (Å²) in [7, 11) is 0. The van der Waals surface area contributed by atoms with Crippen molar-refractivity contribution in [1.29, 1.82) is 0 Å². The third-order valence-corrected chi connectivity index (χ3v) is 4.37. The summed E-state index contributed by atoms with van der Waals surface area (Å²) in [6, 6.07) is 0. The first-order chi connectivity index (χ1) is 6.90. The van der Waals surface area contributed by atoms with Crippen molar-refractivity contribution < 1.29 is 0 Å². The Hall–Kier alpha value is -0.260. The van der Waals surface area contributed by atoms with E-state index in [9.17, 15) is 0 Å². The predicted octanol–water partition coefficient (Wildman–Crippen LogP) is 4.56. The minimum atomic E-state index is 0.946. The highest BCUT2D eigenvalue weighted by molar-refractivity contribution is 4.96. The van der Waals surface area contributed by atoms with E-state index in [1.807, 2.05) is 0 Å². The van der Waals surface area contributed by atoms with Crippen LogP contribution in [-0.4, -0.2) is 0 Å². The summed E-state index contributed by atoms with van der Waals surface area (Å²) in [5.74, 6) is 3.04. The molecule has 14 heavy (non-hydrogen) atoms. The Morgan fingerprint density at radius 2 is 1.86 bits per heavy atom. The summed E-state index contributed by atoms with van der Waals surface area (Å²) in [4.78, 5) is 0. The van der Waals surface area contributed by atoms with Crippen LogP contribution in [0.25, 0.3) is 0 Å². The zero-order valence-corrected chi connectivity index (χ0v) is 9.54. The first-order valence-corrected chi connectivity index (χ1v) is 6.56. The summed E-state index contributed by atoms with van der Waals surface area (Å²) >= 11 is 0. The van der Waals surface area contributed by atoms with Gasteiger partial charge in [-0.05, 0) is 49.9 Å². The average Bonchev–Trinajstić information content (AvgIpc) is 2.30. The minimum absolute atomic E-state index is 0.946. The van der Waals surface area contributed by atoms with Crippen LogP contribution in [0.3, 0.4) is 0 Å². The Morgan fingerprint density at radius 1 is 1.07 bits per heavy atom. The average molecular weight is 192 g/mol. The van der Waals surface area contributed by atoms with Crippen molar-refractivity contribution in [3.05, 3.63) is 12.2 Å².